The summed E-state index contributed by atoms with van der Waals surface area (Å²) < 4.78 is 1.88. The number of carbonyl (C=O) groups excluding carboxylic acids is 1. The van der Waals surface area contributed by atoms with Crippen LogP contribution in [-0.2, 0) is 11.3 Å². The molecule has 1 aromatic carbocycles. The van der Waals surface area contributed by atoms with Crippen LogP contribution in [0.4, 0.5) is 0 Å². The van der Waals surface area contributed by atoms with Gasteiger partial charge in [0.1, 0.15) is 0 Å². The highest BCUT2D eigenvalue weighted by Gasteiger charge is 2.25. The summed E-state index contributed by atoms with van der Waals surface area (Å²) in [5.41, 5.74) is 2.18. The molecule has 1 aliphatic rings. The summed E-state index contributed by atoms with van der Waals surface area (Å²) in [4.78, 5) is 13.9. The van der Waals surface area contributed by atoms with Crippen molar-refractivity contribution in [3.05, 3.63) is 42.1 Å². The second-order valence-electron chi connectivity index (χ2n) is 6.15. The molecule has 3 rings (SSSR count). The van der Waals surface area contributed by atoms with Crippen molar-refractivity contribution in [1.29, 1.82) is 5.26 Å². The molecule has 1 atom stereocenters. The maximum atomic E-state index is 12.2. The summed E-state index contributed by atoms with van der Waals surface area (Å²) in [6, 6.07) is 7.61. The van der Waals surface area contributed by atoms with E-state index in [1.54, 1.807) is 17.2 Å². The largest absolute Gasteiger partial charge is 0.391 e. The number of fused-ring (bicyclic) bond motifs is 1. The molecule has 1 fully saturated rings. The van der Waals surface area contributed by atoms with E-state index in [1.807, 2.05) is 16.8 Å². The number of hydrogen-bond acceptors (Lipinski definition) is 4. The van der Waals surface area contributed by atoms with Crippen LogP contribution >= 0.6 is 0 Å². The Morgan fingerprint density at radius 1 is 1.50 bits per heavy atom. The Balaban J connectivity index is 1.56. The van der Waals surface area contributed by atoms with Crippen LogP contribution in [0.3, 0.4) is 0 Å². The van der Waals surface area contributed by atoms with Crippen molar-refractivity contribution < 1.29 is 9.90 Å². The molecule has 0 radical (unpaired) electrons. The van der Waals surface area contributed by atoms with Gasteiger partial charge in [-0.15, -0.1) is 0 Å². The molecule has 0 saturated carbocycles. The first-order valence-corrected chi connectivity index (χ1v) is 8.09. The number of aryl methyl sites for hydroxylation is 1. The number of aliphatic hydroxyl groups excluding tert-OH is 1. The summed E-state index contributed by atoms with van der Waals surface area (Å²) in [6.45, 7) is 5.58. The molecule has 2 aromatic rings. The number of benzene rings is 1. The van der Waals surface area contributed by atoms with E-state index in [0.717, 1.165) is 17.3 Å². The van der Waals surface area contributed by atoms with Crippen molar-refractivity contribution in [2.75, 3.05) is 13.1 Å². The van der Waals surface area contributed by atoms with Crippen LogP contribution in [0.1, 0.15) is 24.8 Å². The molecule has 1 aromatic heterocycles. The van der Waals surface area contributed by atoms with E-state index in [9.17, 15) is 9.90 Å². The highest BCUT2D eigenvalue weighted by atomic mass is 16.3. The molecule has 24 heavy (non-hydrogen) atoms. The average molecular weight is 324 g/mol. The lowest BCUT2D eigenvalue weighted by Gasteiger charge is -2.17. The van der Waals surface area contributed by atoms with Crippen molar-refractivity contribution in [3.63, 3.8) is 0 Å². The van der Waals surface area contributed by atoms with Crippen LogP contribution in [0.5, 0.6) is 0 Å². The van der Waals surface area contributed by atoms with Crippen LogP contribution in [0.2, 0.25) is 0 Å². The second kappa shape index (κ2) is 6.85. The zero-order chi connectivity index (χ0) is 17.1. The number of likely N-dealkylation sites (tertiary alicyclic amines) is 1. The molecule has 6 heteroatoms. The van der Waals surface area contributed by atoms with Gasteiger partial charge in [0.25, 0.3) is 0 Å². The van der Waals surface area contributed by atoms with E-state index in [-0.39, 0.29) is 5.91 Å². The first kappa shape index (κ1) is 16.2. The Morgan fingerprint density at radius 2 is 2.33 bits per heavy atom. The van der Waals surface area contributed by atoms with E-state index in [4.69, 9.17) is 5.26 Å². The van der Waals surface area contributed by atoms with Crippen LogP contribution in [-0.4, -0.2) is 44.9 Å². The van der Waals surface area contributed by atoms with E-state index < -0.39 is 6.10 Å². The van der Waals surface area contributed by atoms with E-state index in [1.165, 1.54) is 0 Å². The maximum absolute atomic E-state index is 12.2. The van der Waals surface area contributed by atoms with Crippen molar-refractivity contribution in [2.45, 2.75) is 31.9 Å². The number of aliphatic hydroxyl groups is 1. The molecule has 1 N–H and O–H groups in total. The fraction of sp³-hybridized carbons (Fsp3) is 0.389. The number of rotatable bonds is 5. The lowest BCUT2D eigenvalue weighted by Crippen LogP contribution is -2.30. The van der Waals surface area contributed by atoms with Crippen molar-refractivity contribution in [3.8, 4) is 6.07 Å². The van der Waals surface area contributed by atoms with Gasteiger partial charge < -0.3 is 10.0 Å². The van der Waals surface area contributed by atoms with Gasteiger partial charge in [0, 0.05) is 30.6 Å². The number of carbonyl (C=O) groups is 1. The number of nitrogens with zero attached hydrogens (tertiary/aromatic N) is 4. The molecular weight excluding hydrogens is 304 g/mol. The van der Waals surface area contributed by atoms with E-state index in [0.29, 0.717) is 43.6 Å². The van der Waals surface area contributed by atoms with Gasteiger partial charge in [-0.3, -0.25) is 9.48 Å². The van der Waals surface area contributed by atoms with Gasteiger partial charge in [-0.25, -0.2) is 0 Å². The number of aromatic nitrogens is 2. The number of amides is 1. The lowest BCUT2D eigenvalue weighted by molar-refractivity contribution is -0.126. The normalized spacial score (nSPS) is 17.2. The molecule has 1 unspecified atom stereocenters. The summed E-state index contributed by atoms with van der Waals surface area (Å²) in [7, 11) is 0. The second-order valence-corrected chi connectivity index (χ2v) is 6.15. The summed E-state index contributed by atoms with van der Waals surface area (Å²) >= 11 is 0. The molecule has 1 amide bonds. The Hall–Kier alpha value is -2.65. The minimum Gasteiger partial charge on any atom is -0.391 e. The van der Waals surface area contributed by atoms with Crippen molar-refractivity contribution in [2.24, 2.45) is 0 Å². The van der Waals surface area contributed by atoms with Crippen LogP contribution in [0.15, 0.2) is 36.5 Å². The van der Waals surface area contributed by atoms with Crippen LogP contribution in [0.25, 0.3) is 10.9 Å². The molecule has 1 saturated heterocycles. The molecule has 0 aliphatic carbocycles. The van der Waals surface area contributed by atoms with Gasteiger partial charge in [-0.2, -0.15) is 10.4 Å². The van der Waals surface area contributed by atoms with E-state index in [2.05, 4.69) is 17.7 Å². The summed E-state index contributed by atoms with van der Waals surface area (Å²) in [5, 5.41) is 23.7. The number of hydrogen-bond donors (Lipinski definition) is 1. The smallest absolute Gasteiger partial charge is 0.249 e. The SMILES string of the molecule is C=C(CCCn1ncc2cc(C#N)ccc21)C(=O)N1CCC(O)C1. The highest BCUT2D eigenvalue weighted by molar-refractivity contribution is 5.93. The average Bonchev–Trinajstić information content (AvgIpc) is 3.20. The van der Waals surface area contributed by atoms with Gasteiger partial charge >= 0.3 is 0 Å². The summed E-state index contributed by atoms with van der Waals surface area (Å²) in [6.07, 6.45) is 3.35. The van der Waals surface area contributed by atoms with Gasteiger partial charge in [0.05, 0.1) is 29.5 Å². The monoisotopic (exact) mass is 324 g/mol. The zero-order valence-corrected chi connectivity index (χ0v) is 13.5. The molecule has 124 valence electrons. The summed E-state index contributed by atoms with van der Waals surface area (Å²) in [5.74, 6) is -0.0597. The Labute approximate surface area is 140 Å². The third kappa shape index (κ3) is 3.31. The first-order valence-electron chi connectivity index (χ1n) is 8.09. The standard InChI is InChI=1S/C18H20N4O2/c1-13(18(24)21-8-6-16(23)12-21)3-2-7-22-17-5-4-14(10-19)9-15(17)11-20-22/h4-5,9,11,16,23H,1-3,6-8,12H2. The molecule has 0 bridgehead atoms. The molecule has 0 spiro atoms. The third-order valence-electron chi connectivity index (χ3n) is 4.37. The molecular formula is C18H20N4O2. The quantitative estimate of drug-likeness (QED) is 0.851. The molecule has 6 nitrogen and oxygen atoms in total. The fourth-order valence-corrected chi connectivity index (χ4v) is 3.03. The highest BCUT2D eigenvalue weighted by Crippen LogP contribution is 2.18. The predicted octanol–water partition coefficient (Wildman–Crippen LogP) is 1.84. The topological polar surface area (TPSA) is 82.2 Å². The maximum Gasteiger partial charge on any atom is 0.249 e. The zero-order valence-electron chi connectivity index (χ0n) is 13.5. The van der Waals surface area contributed by atoms with Crippen molar-refractivity contribution in [1.82, 2.24) is 14.7 Å². The Kier molecular flexibility index (Phi) is 4.63. The first-order chi connectivity index (χ1) is 11.6. The van der Waals surface area contributed by atoms with Gasteiger partial charge in [0.2, 0.25) is 5.91 Å². The number of β-amino-alcohol motifs (C(OH)–C–C–N with tert-alkyl or cyclic N) is 1. The molecule has 1 aliphatic heterocycles. The minimum absolute atomic E-state index is 0.0597. The van der Waals surface area contributed by atoms with Gasteiger partial charge in [-0.1, -0.05) is 6.58 Å². The lowest BCUT2D eigenvalue weighted by atomic mass is 10.1. The van der Waals surface area contributed by atoms with Gasteiger partial charge in [-0.05, 0) is 37.5 Å². The van der Waals surface area contributed by atoms with Gasteiger partial charge in [0.15, 0.2) is 0 Å². The predicted molar refractivity (Wildman–Crippen MR) is 90.0 cm³/mol. The molecule has 2 heterocycles. The third-order valence-corrected chi connectivity index (χ3v) is 4.37. The Morgan fingerprint density at radius 3 is 3.04 bits per heavy atom. The Bertz CT molecular complexity index is 818. The number of nitriles is 1. The van der Waals surface area contributed by atoms with E-state index >= 15 is 0 Å². The van der Waals surface area contributed by atoms with Crippen LogP contribution < -0.4 is 0 Å². The van der Waals surface area contributed by atoms with Crippen molar-refractivity contribution >= 4 is 16.8 Å². The minimum atomic E-state index is -0.407. The fourth-order valence-electron chi connectivity index (χ4n) is 3.03. The van der Waals surface area contributed by atoms with Crippen LogP contribution in [0, 0.1) is 11.3 Å².